The number of hydrogen-bond acceptors (Lipinski definition) is 8. The van der Waals surface area contributed by atoms with Crippen LogP contribution in [0.4, 0.5) is 17.1 Å². The molecule has 10 nitrogen and oxygen atoms in total. The second kappa shape index (κ2) is 11.1. The van der Waals surface area contributed by atoms with E-state index in [-0.39, 0.29) is 28.1 Å². The fraction of sp³-hybridized carbons (Fsp3) is 0.111. The summed E-state index contributed by atoms with van der Waals surface area (Å²) >= 11 is 6.24. The van der Waals surface area contributed by atoms with Gasteiger partial charge in [-0.15, -0.1) is 0 Å². The average Bonchev–Trinajstić information content (AvgIpc) is 3.15. The van der Waals surface area contributed by atoms with Crippen LogP contribution in [0.15, 0.2) is 77.5 Å². The van der Waals surface area contributed by atoms with Crippen molar-refractivity contribution in [2.45, 2.75) is 0 Å². The van der Waals surface area contributed by atoms with E-state index in [0.29, 0.717) is 28.3 Å². The Bertz CT molecular complexity index is 1450. The number of benzene rings is 3. The molecule has 0 spiro atoms. The summed E-state index contributed by atoms with van der Waals surface area (Å²) in [5.41, 5.74) is 1.68. The maximum atomic E-state index is 13.2. The molecule has 3 aromatic carbocycles. The van der Waals surface area contributed by atoms with E-state index in [0.717, 1.165) is 4.90 Å². The minimum atomic E-state index is -0.722. The van der Waals surface area contributed by atoms with Crippen LogP contribution in [0.3, 0.4) is 0 Å². The number of imide groups is 1. The molecule has 194 valence electrons. The van der Waals surface area contributed by atoms with E-state index in [1.807, 2.05) is 0 Å². The molecule has 3 aromatic rings. The smallest absolute Gasteiger partial charge is 0.337 e. The van der Waals surface area contributed by atoms with Gasteiger partial charge in [-0.3, -0.25) is 14.4 Å². The van der Waals surface area contributed by atoms with Crippen molar-refractivity contribution in [1.82, 2.24) is 0 Å². The topological polar surface area (TPSA) is 123 Å². The average molecular weight is 536 g/mol. The fourth-order valence-corrected chi connectivity index (χ4v) is 3.87. The first-order valence-electron chi connectivity index (χ1n) is 11.1. The number of nitrogens with one attached hydrogen (secondary N) is 2. The van der Waals surface area contributed by atoms with E-state index in [1.165, 1.54) is 39.5 Å². The van der Waals surface area contributed by atoms with E-state index >= 15 is 0 Å². The van der Waals surface area contributed by atoms with Crippen molar-refractivity contribution in [2.24, 2.45) is 0 Å². The van der Waals surface area contributed by atoms with Crippen LogP contribution in [0.1, 0.15) is 20.7 Å². The first-order chi connectivity index (χ1) is 18.3. The predicted octanol–water partition coefficient (Wildman–Crippen LogP) is 4.18. The molecule has 0 unspecified atom stereocenters. The number of carbonyl (C=O) groups is 4. The quantitative estimate of drug-likeness (QED) is 0.325. The Morgan fingerprint density at radius 1 is 0.789 bits per heavy atom. The van der Waals surface area contributed by atoms with Crippen molar-refractivity contribution < 1.29 is 33.4 Å². The predicted molar refractivity (Wildman–Crippen MR) is 141 cm³/mol. The van der Waals surface area contributed by atoms with Gasteiger partial charge in [-0.05, 0) is 60.7 Å². The zero-order chi connectivity index (χ0) is 27.4. The zero-order valence-corrected chi connectivity index (χ0v) is 21.3. The van der Waals surface area contributed by atoms with Gasteiger partial charge in [0.15, 0.2) is 0 Å². The second-order valence-corrected chi connectivity index (χ2v) is 8.28. The highest BCUT2D eigenvalue weighted by atomic mass is 35.5. The van der Waals surface area contributed by atoms with Crippen LogP contribution < -0.4 is 25.0 Å². The van der Waals surface area contributed by atoms with Gasteiger partial charge in [0.1, 0.15) is 22.2 Å². The Labute approximate surface area is 222 Å². The maximum Gasteiger partial charge on any atom is 0.337 e. The third-order valence-corrected chi connectivity index (χ3v) is 5.99. The number of hydrogen-bond donors (Lipinski definition) is 2. The molecule has 2 N–H and O–H groups in total. The van der Waals surface area contributed by atoms with E-state index in [1.54, 1.807) is 48.5 Å². The third kappa shape index (κ3) is 5.16. The Morgan fingerprint density at radius 2 is 1.42 bits per heavy atom. The van der Waals surface area contributed by atoms with Crippen molar-refractivity contribution in [3.8, 4) is 11.5 Å². The van der Waals surface area contributed by atoms with Crippen molar-refractivity contribution in [2.75, 3.05) is 36.9 Å². The second-order valence-electron chi connectivity index (χ2n) is 7.90. The Hall–Kier alpha value is -4.83. The lowest BCUT2D eigenvalue weighted by molar-refractivity contribution is -0.120. The molecule has 0 fully saturated rings. The van der Waals surface area contributed by atoms with Crippen LogP contribution in [-0.2, 0) is 14.3 Å². The van der Waals surface area contributed by atoms with Gasteiger partial charge in [0.05, 0.1) is 32.6 Å². The first kappa shape index (κ1) is 26.2. The Morgan fingerprint density at radius 3 is 2.03 bits per heavy atom. The summed E-state index contributed by atoms with van der Waals surface area (Å²) in [5, 5.41) is 5.30. The van der Waals surface area contributed by atoms with Gasteiger partial charge in [0, 0.05) is 23.0 Å². The molecule has 0 bridgehead atoms. The Kier molecular flexibility index (Phi) is 7.63. The van der Waals surface area contributed by atoms with Crippen LogP contribution in [-0.4, -0.2) is 45.0 Å². The van der Waals surface area contributed by atoms with E-state index in [2.05, 4.69) is 15.4 Å². The summed E-state index contributed by atoms with van der Waals surface area (Å²) in [6, 6.07) is 17.2. The highest BCUT2D eigenvalue weighted by molar-refractivity contribution is 6.53. The molecule has 1 heterocycles. The highest BCUT2D eigenvalue weighted by Gasteiger charge is 2.40. The summed E-state index contributed by atoms with van der Waals surface area (Å²) in [4.78, 5) is 51.1. The molecule has 0 radical (unpaired) electrons. The van der Waals surface area contributed by atoms with Crippen molar-refractivity contribution in [3.05, 3.63) is 88.6 Å². The van der Waals surface area contributed by atoms with Gasteiger partial charge in [-0.25, -0.2) is 9.69 Å². The molecule has 0 saturated heterocycles. The lowest BCUT2D eigenvalue weighted by atomic mass is 10.1. The summed E-state index contributed by atoms with van der Waals surface area (Å²) in [6.45, 7) is 0. The summed E-state index contributed by atoms with van der Waals surface area (Å²) < 4.78 is 15.2. The lowest BCUT2D eigenvalue weighted by Crippen LogP contribution is -2.32. The van der Waals surface area contributed by atoms with E-state index < -0.39 is 17.8 Å². The number of ether oxygens (including phenoxy) is 3. The Balaban J connectivity index is 1.47. The summed E-state index contributed by atoms with van der Waals surface area (Å²) in [7, 11) is 4.16. The van der Waals surface area contributed by atoms with Crippen molar-refractivity contribution in [1.29, 1.82) is 0 Å². The maximum absolute atomic E-state index is 13.2. The SMILES string of the molecule is COC(=O)c1ccc(NC(=O)c2ccc(NC3=C(Cl)C(=O)N(c4cc(OC)ccc4OC)C3=O)cc2)cc1. The van der Waals surface area contributed by atoms with E-state index in [4.69, 9.17) is 21.1 Å². The van der Waals surface area contributed by atoms with Gasteiger partial charge >= 0.3 is 5.97 Å². The zero-order valence-electron chi connectivity index (χ0n) is 20.5. The van der Waals surface area contributed by atoms with E-state index in [9.17, 15) is 19.2 Å². The van der Waals surface area contributed by atoms with Gasteiger partial charge < -0.3 is 24.8 Å². The lowest BCUT2D eigenvalue weighted by Gasteiger charge is -2.19. The van der Waals surface area contributed by atoms with Crippen LogP contribution in [0.25, 0.3) is 0 Å². The van der Waals surface area contributed by atoms with Crippen LogP contribution in [0.5, 0.6) is 11.5 Å². The number of esters is 1. The molecular weight excluding hydrogens is 514 g/mol. The van der Waals surface area contributed by atoms with Gasteiger partial charge in [-0.1, -0.05) is 11.6 Å². The molecule has 0 atom stereocenters. The molecule has 1 aliphatic rings. The largest absolute Gasteiger partial charge is 0.497 e. The molecule has 0 aliphatic carbocycles. The fourth-order valence-electron chi connectivity index (χ4n) is 3.66. The minimum absolute atomic E-state index is 0.121. The minimum Gasteiger partial charge on any atom is -0.497 e. The third-order valence-electron chi connectivity index (χ3n) is 5.63. The molecule has 3 amide bonds. The molecule has 0 saturated carbocycles. The standard InChI is InChI=1S/C27H22ClN3O7/c1-36-19-12-13-21(37-2)20(14-19)31-25(33)22(28)23(26(31)34)29-17-8-4-15(5-9-17)24(32)30-18-10-6-16(7-11-18)27(35)38-3/h4-14,29H,1-3H3,(H,30,32). The molecule has 0 aromatic heterocycles. The molecule has 4 rings (SSSR count). The number of methoxy groups -OCH3 is 3. The van der Waals surface area contributed by atoms with Crippen LogP contribution >= 0.6 is 11.6 Å². The monoisotopic (exact) mass is 535 g/mol. The number of amides is 3. The van der Waals surface area contributed by atoms with Crippen LogP contribution in [0, 0.1) is 0 Å². The van der Waals surface area contributed by atoms with Crippen molar-refractivity contribution in [3.63, 3.8) is 0 Å². The first-order valence-corrected chi connectivity index (χ1v) is 11.5. The van der Waals surface area contributed by atoms with Crippen molar-refractivity contribution >= 4 is 52.4 Å². The van der Waals surface area contributed by atoms with Gasteiger partial charge in [-0.2, -0.15) is 0 Å². The highest BCUT2D eigenvalue weighted by Crippen LogP contribution is 2.38. The number of nitrogens with zero attached hydrogens (tertiary/aromatic N) is 1. The summed E-state index contributed by atoms with van der Waals surface area (Å²) in [6.07, 6.45) is 0. The molecule has 38 heavy (non-hydrogen) atoms. The molecule has 11 heteroatoms. The number of rotatable bonds is 8. The molecular formula is C27H22ClN3O7. The van der Waals surface area contributed by atoms with Gasteiger partial charge in [0.2, 0.25) is 0 Å². The van der Waals surface area contributed by atoms with Crippen LogP contribution in [0.2, 0.25) is 0 Å². The molecule has 1 aliphatic heterocycles. The van der Waals surface area contributed by atoms with Gasteiger partial charge in [0.25, 0.3) is 17.7 Å². The number of anilines is 3. The normalized spacial score (nSPS) is 12.9. The summed E-state index contributed by atoms with van der Waals surface area (Å²) in [5.74, 6) is -1.55. The number of carbonyl (C=O) groups excluding carboxylic acids is 4. The number of halogens is 1.